The summed E-state index contributed by atoms with van der Waals surface area (Å²) in [6.45, 7) is 2.53. The lowest BCUT2D eigenvalue weighted by Gasteiger charge is -2.36. The number of rotatable bonds is 3. The van der Waals surface area contributed by atoms with Crippen LogP contribution in [0.2, 0.25) is 5.02 Å². The van der Waals surface area contributed by atoms with Gasteiger partial charge >= 0.3 is 6.18 Å². The molecule has 0 aliphatic carbocycles. The van der Waals surface area contributed by atoms with Gasteiger partial charge in [-0.15, -0.1) is 0 Å². The van der Waals surface area contributed by atoms with Gasteiger partial charge in [0.2, 0.25) is 0 Å². The molecule has 1 fully saturated rings. The Balaban J connectivity index is 2.15. The molecule has 0 spiro atoms. The van der Waals surface area contributed by atoms with E-state index in [1.807, 2.05) is 0 Å². The van der Waals surface area contributed by atoms with Gasteiger partial charge in [0.05, 0.1) is 10.6 Å². The van der Waals surface area contributed by atoms with E-state index in [2.05, 4.69) is 0 Å². The van der Waals surface area contributed by atoms with Gasteiger partial charge < -0.3 is 0 Å². The number of halogens is 6. The van der Waals surface area contributed by atoms with Gasteiger partial charge in [0.25, 0.3) is 0 Å². The maximum Gasteiger partial charge on any atom is 0.416 e. The Morgan fingerprint density at radius 2 is 1.82 bits per heavy atom. The van der Waals surface area contributed by atoms with Crippen LogP contribution in [0.4, 0.5) is 22.0 Å². The van der Waals surface area contributed by atoms with Crippen LogP contribution in [-0.2, 0) is 12.7 Å². The Labute approximate surface area is 131 Å². The zero-order chi connectivity index (χ0) is 16.5. The summed E-state index contributed by atoms with van der Waals surface area (Å²) in [5.41, 5.74) is -2.30. The molecule has 0 radical (unpaired) electrons. The monoisotopic (exact) mass is 341 g/mol. The molecule has 1 aliphatic heterocycles. The summed E-state index contributed by atoms with van der Waals surface area (Å²) in [7, 11) is 0. The first-order valence-electron chi connectivity index (χ1n) is 7.11. The van der Waals surface area contributed by atoms with Crippen molar-refractivity contribution in [3.05, 3.63) is 34.1 Å². The fraction of sp³-hybridized carbons (Fsp3) is 0.600. The van der Waals surface area contributed by atoms with Crippen molar-refractivity contribution in [3.63, 3.8) is 0 Å². The molecule has 1 aromatic rings. The van der Waals surface area contributed by atoms with Gasteiger partial charge in [-0.3, -0.25) is 4.90 Å². The van der Waals surface area contributed by atoms with Crippen LogP contribution in [0, 0.1) is 5.82 Å². The van der Waals surface area contributed by atoms with Crippen LogP contribution < -0.4 is 0 Å². The minimum atomic E-state index is -4.58. The second-order valence-corrected chi connectivity index (χ2v) is 6.12. The van der Waals surface area contributed by atoms with E-state index < -0.39 is 28.2 Å². The van der Waals surface area contributed by atoms with E-state index in [9.17, 15) is 22.0 Å². The lowest BCUT2D eigenvalue weighted by atomic mass is 9.90. The average Bonchev–Trinajstić information content (AvgIpc) is 2.45. The molecule has 2 rings (SSSR count). The molecule has 0 aromatic heterocycles. The minimum absolute atomic E-state index is 0.00469. The number of likely N-dealkylation sites (tertiary alicyclic amines) is 1. The first kappa shape index (κ1) is 17.5. The standard InChI is InChI=1S/C15H17ClF5N/c1-2-14(18)3-5-22(6-4-14)9-10-7-11(15(19,20)21)8-12(16)13(10)17/h7-8H,2-6,9H2,1H3. The van der Waals surface area contributed by atoms with E-state index in [-0.39, 0.29) is 12.1 Å². The fourth-order valence-corrected chi connectivity index (χ4v) is 2.87. The summed E-state index contributed by atoms with van der Waals surface area (Å²) in [5.74, 6) is -0.845. The summed E-state index contributed by atoms with van der Waals surface area (Å²) in [6.07, 6.45) is -3.56. The van der Waals surface area contributed by atoms with Crippen LogP contribution in [0.1, 0.15) is 37.3 Å². The molecule has 0 unspecified atom stereocenters. The van der Waals surface area contributed by atoms with Crippen molar-refractivity contribution in [3.8, 4) is 0 Å². The zero-order valence-corrected chi connectivity index (χ0v) is 12.9. The van der Waals surface area contributed by atoms with Crippen molar-refractivity contribution in [1.29, 1.82) is 0 Å². The van der Waals surface area contributed by atoms with Crippen molar-refractivity contribution in [2.45, 2.75) is 44.6 Å². The van der Waals surface area contributed by atoms with Gasteiger partial charge in [-0.25, -0.2) is 8.78 Å². The van der Waals surface area contributed by atoms with Crippen LogP contribution in [0.5, 0.6) is 0 Å². The first-order valence-corrected chi connectivity index (χ1v) is 7.49. The third-order valence-corrected chi connectivity index (χ3v) is 4.49. The van der Waals surface area contributed by atoms with Crippen LogP contribution in [0.15, 0.2) is 12.1 Å². The molecule has 1 heterocycles. The van der Waals surface area contributed by atoms with Crippen LogP contribution >= 0.6 is 11.6 Å². The molecule has 1 nitrogen and oxygen atoms in total. The van der Waals surface area contributed by atoms with Gasteiger partial charge in [-0.1, -0.05) is 18.5 Å². The number of nitrogens with zero attached hydrogens (tertiary/aromatic N) is 1. The molecule has 1 aromatic carbocycles. The maximum absolute atomic E-state index is 14.1. The summed E-state index contributed by atoms with van der Waals surface area (Å²) >= 11 is 5.56. The molecule has 1 saturated heterocycles. The Kier molecular flexibility index (Phi) is 5.02. The molecule has 0 saturated carbocycles. The van der Waals surface area contributed by atoms with E-state index in [1.165, 1.54) is 0 Å². The van der Waals surface area contributed by atoms with E-state index >= 15 is 0 Å². The SMILES string of the molecule is CCC1(F)CCN(Cc2cc(C(F)(F)F)cc(Cl)c2F)CC1. The van der Waals surface area contributed by atoms with E-state index in [1.54, 1.807) is 11.8 Å². The van der Waals surface area contributed by atoms with Crippen molar-refractivity contribution < 1.29 is 22.0 Å². The fourth-order valence-electron chi connectivity index (χ4n) is 2.63. The number of alkyl halides is 4. The van der Waals surface area contributed by atoms with Crippen molar-refractivity contribution >= 4 is 11.6 Å². The lowest BCUT2D eigenvalue weighted by Crippen LogP contribution is -2.41. The van der Waals surface area contributed by atoms with Crippen LogP contribution in [-0.4, -0.2) is 23.7 Å². The predicted octanol–water partition coefficient (Wildman–Crippen LogP) is 5.21. The second kappa shape index (κ2) is 6.32. The van der Waals surface area contributed by atoms with Crippen LogP contribution in [0.3, 0.4) is 0 Å². The number of piperidine rings is 1. The minimum Gasteiger partial charge on any atom is -0.299 e. The molecule has 0 bridgehead atoms. The molecule has 1 aliphatic rings. The predicted molar refractivity (Wildman–Crippen MR) is 75.1 cm³/mol. The third kappa shape index (κ3) is 3.90. The summed E-state index contributed by atoms with van der Waals surface area (Å²) in [6, 6.07) is 1.36. The number of benzene rings is 1. The van der Waals surface area contributed by atoms with E-state index in [0.29, 0.717) is 38.4 Å². The third-order valence-electron chi connectivity index (χ3n) is 4.21. The first-order chi connectivity index (χ1) is 10.1. The lowest BCUT2D eigenvalue weighted by molar-refractivity contribution is -0.137. The summed E-state index contributed by atoms with van der Waals surface area (Å²) in [4.78, 5) is 1.75. The quantitative estimate of drug-likeness (QED) is 0.682. The second-order valence-electron chi connectivity index (χ2n) is 5.71. The molecule has 0 atom stereocenters. The Morgan fingerprint density at radius 3 is 2.32 bits per heavy atom. The molecular formula is C15H17ClF5N. The smallest absolute Gasteiger partial charge is 0.299 e. The molecular weight excluding hydrogens is 325 g/mol. The number of hydrogen-bond acceptors (Lipinski definition) is 1. The zero-order valence-electron chi connectivity index (χ0n) is 12.1. The van der Waals surface area contributed by atoms with Gasteiger partial charge in [-0.05, 0) is 31.4 Å². The van der Waals surface area contributed by atoms with E-state index in [4.69, 9.17) is 11.6 Å². The Morgan fingerprint density at radius 1 is 1.23 bits per heavy atom. The van der Waals surface area contributed by atoms with Gasteiger partial charge in [-0.2, -0.15) is 13.2 Å². The highest BCUT2D eigenvalue weighted by atomic mass is 35.5. The van der Waals surface area contributed by atoms with Crippen molar-refractivity contribution in [2.24, 2.45) is 0 Å². The molecule has 0 amide bonds. The molecule has 22 heavy (non-hydrogen) atoms. The summed E-state index contributed by atoms with van der Waals surface area (Å²) in [5, 5.41) is -0.546. The summed E-state index contributed by atoms with van der Waals surface area (Å²) < 4.78 is 66.3. The van der Waals surface area contributed by atoms with Crippen molar-refractivity contribution in [1.82, 2.24) is 4.90 Å². The highest BCUT2D eigenvalue weighted by Crippen LogP contribution is 2.35. The largest absolute Gasteiger partial charge is 0.416 e. The normalized spacial score (nSPS) is 19.4. The molecule has 7 heteroatoms. The highest BCUT2D eigenvalue weighted by Gasteiger charge is 2.34. The Bertz CT molecular complexity index is 535. The number of hydrogen-bond donors (Lipinski definition) is 0. The van der Waals surface area contributed by atoms with Gasteiger partial charge in [0, 0.05) is 25.2 Å². The van der Waals surface area contributed by atoms with Gasteiger partial charge in [0.1, 0.15) is 11.5 Å². The topological polar surface area (TPSA) is 3.24 Å². The maximum atomic E-state index is 14.1. The molecule has 0 N–H and O–H groups in total. The van der Waals surface area contributed by atoms with E-state index in [0.717, 1.165) is 6.07 Å². The van der Waals surface area contributed by atoms with Crippen LogP contribution in [0.25, 0.3) is 0 Å². The Hall–Kier alpha value is -0.880. The highest BCUT2D eigenvalue weighted by molar-refractivity contribution is 6.30. The molecule has 124 valence electrons. The van der Waals surface area contributed by atoms with Crippen molar-refractivity contribution in [2.75, 3.05) is 13.1 Å². The average molecular weight is 342 g/mol. The van der Waals surface area contributed by atoms with Gasteiger partial charge in [0.15, 0.2) is 0 Å².